The van der Waals surface area contributed by atoms with Crippen molar-refractivity contribution < 1.29 is 9.84 Å². The van der Waals surface area contributed by atoms with E-state index < -0.39 is 12.2 Å². The van der Waals surface area contributed by atoms with E-state index >= 15 is 0 Å². The number of hydrogen-bond acceptors (Lipinski definition) is 4. The molecule has 0 aliphatic heterocycles. The van der Waals surface area contributed by atoms with Gasteiger partial charge in [0.1, 0.15) is 18.0 Å². The van der Waals surface area contributed by atoms with E-state index in [4.69, 9.17) is 15.3 Å². The zero-order valence-electron chi connectivity index (χ0n) is 18.0. The van der Waals surface area contributed by atoms with Gasteiger partial charge in [0.2, 0.25) is 0 Å². The van der Waals surface area contributed by atoms with E-state index in [0.29, 0.717) is 5.75 Å². The molecule has 0 spiro atoms. The fourth-order valence-corrected chi connectivity index (χ4v) is 2.85. The number of benzene rings is 1. The number of hydrogen-bond donors (Lipinski definition) is 1. The summed E-state index contributed by atoms with van der Waals surface area (Å²) in [5.41, 5.74) is 1.34. The number of rotatable bonds is 13. The molecule has 0 aliphatic rings. The maximum atomic E-state index is 9.20. The lowest BCUT2D eigenvalue weighted by Crippen LogP contribution is -2.12. The van der Waals surface area contributed by atoms with Crippen molar-refractivity contribution >= 4 is 0 Å². The molecule has 2 unspecified atom stereocenters. The van der Waals surface area contributed by atoms with Gasteiger partial charge in [-0.05, 0) is 44.4 Å². The summed E-state index contributed by atoms with van der Waals surface area (Å²) in [5.74, 6) is 0.367. The summed E-state index contributed by atoms with van der Waals surface area (Å²) in [4.78, 5) is 0. The zero-order chi connectivity index (χ0) is 21.0. The minimum Gasteiger partial charge on any atom is -0.508 e. The number of nitrogens with zero attached hydrogens (tertiary/aromatic N) is 2. The number of aromatic hydroxyl groups is 1. The Morgan fingerprint density at radius 3 is 1.64 bits per heavy atom. The highest BCUT2D eigenvalue weighted by Crippen LogP contribution is 2.14. The largest absolute Gasteiger partial charge is 0.508 e. The Morgan fingerprint density at radius 1 is 0.786 bits per heavy atom. The van der Waals surface area contributed by atoms with E-state index in [1.807, 2.05) is 24.3 Å². The summed E-state index contributed by atoms with van der Waals surface area (Å²) in [6, 6.07) is 11.3. The van der Waals surface area contributed by atoms with Crippen LogP contribution in [-0.2, 0) is 11.2 Å². The van der Waals surface area contributed by atoms with E-state index in [1.165, 1.54) is 69.8 Å². The van der Waals surface area contributed by atoms with Gasteiger partial charge in [0.25, 0.3) is 0 Å². The van der Waals surface area contributed by atoms with Crippen molar-refractivity contribution in [3.8, 4) is 17.9 Å². The van der Waals surface area contributed by atoms with Crippen LogP contribution in [0.5, 0.6) is 5.75 Å². The number of ether oxygens (including phenoxy) is 1. The van der Waals surface area contributed by atoms with Gasteiger partial charge >= 0.3 is 0 Å². The highest BCUT2D eigenvalue weighted by molar-refractivity contribution is 5.25. The monoisotopic (exact) mass is 386 g/mol. The van der Waals surface area contributed by atoms with Crippen LogP contribution in [0.4, 0.5) is 0 Å². The van der Waals surface area contributed by atoms with Crippen LogP contribution in [0.3, 0.4) is 0 Å². The minimum atomic E-state index is -0.486. The number of aryl methyl sites for hydroxylation is 1. The molecule has 0 aromatic heterocycles. The first-order chi connectivity index (χ1) is 13.5. The van der Waals surface area contributed by atoms with E-state index in [2.05, 4.69) is 6.92 Å². The molecule has 0 radical (unpaired) electrons. The molecule has 1 rings (SSSR count). The normalized spacial score (nSPS) is 12.2. The van der Waals surface area contributed by atoms with Crippen LogP contribution in [0.15, 0.2) is 24.3 Å². The highest BCUT2D eigenvalue weighted by Gasteiger charge is 2.04. The van der Waals surface area contributed by atoms with E-state index in [0.717, 1.165) is 6.42 Å². The van der Waals surface area contributed by atoms with Crippen molar-refractivity contribution in [2.45, 2.75) is 104 Å². The highest BCUT2D eigenvalue weighted by atomic mass is 16.5. The summed E-state index contributed by atoms with van der Waals surface area (Å²) in [5, 5.41) is 25.6. The van der Waals surface area contributed by atoms with Crippen LogP contribution in [0, 0.1) is 22.7 Å². The lowest BCUT2D eigenvalue weighted by atomic mass is 10.0. The quantitative estimate of drug-likeness (QED) is 0.383. The van der Waals surface area contributed by atoms with Crippen molar-refractivity contribution in [1.82, 2.24) is 0 Å². The molecule has 2 atom stereocenters. The summed E-state index contributed by atoms with van der Waals surface area (Å²) in [6.45, 7) is 5.48. The Bertz CT molecular complexity index is 539. The SMILES string of the molecule is CC(C#N)OC(C)C#N.CCCCCCCCCCCCc1ccc(O)cc1. The number of phenols is 1. The fraction of sp³-hybridized carbons (Fsp3) is 0.667. The molecule has 1 aromatic rings. The van der Waals surface area contributed by atoms with E-state index in [-0.39, 0.29) is 0 Å². The van der Waals surface area contributed by atoms with Crippen LogP contribution < -0.4 is 0 Å². The van der Waals surface area contributed by atoms with Gasteiger partial charge in [0.05, 0.1) is 12.1 Å². The smallest absolute Gasteiger partial charge is 0.142 e. The Kier molecular flexibility index (Phi) is 17.0. The molecule has 0 fully saturated rings. The first kappa shape index (κ1) is 26.0. The second kappa shape index (κ2) is 18.3. The molecule has 0 saturated carbocycles. The average molecular weight is 387 g/mol. The molecule has 0 saturated heterocycles. The van der Waals surface area contributed by atoms with Gasteiger partial charge < -0.3 is 9.84 Å². The van der Waals surface area contributed by atoms with E-state index in [9.17, 15) is 5.11 Å². The molecular weight excluding hydrogens is 348 g/mol. The molecule has 0 amide bonds. The summed E-state index contributed by atoms with van der Waals surface area (Å²) >= 11 is 0. The third-order valence-corrected chi connectivity index (χ3v) is 4.53. The first-order valence-corrected chi connectivity index (χ1v) is 10.8. The van der Waals surface area contributed by atoms with Crippen LogP contribution >= 0.6 is 0 Å². The molecule has 0 bridgehead atoms. The Labute approximate surface area is 172 Å². The molecule has 156 valence electrons. The Hall–Kier alpha value is -2.04. The van der Waals surface area contributed by atoms with Gasteiger partial charge in [0, 0.05) is 0 Å². The maximum Gasteiger partial charge on any atom is 0.142 e. The molecular formula is C24H38N2O2. The maximum absolute atomic E-state index is 9.20. The third-order valence-electron chi connectivity index (χ3n) is 4.53. The van der Waals surface area contributed by atoms with Crippen LogP contribution in [-0.4, -0.2) is 17.3 Å². The van der Waals surface area contributed by atoms with Crippen molar-refractivity contribution in [2.75, 3.05) is 0 Å². The van der Waals surface area contributed by atoms with Gasteiger partial charge in [0.15, 0.2) is 0 Å². The number of unbranched alkanes of at least 4 members (excludes halogenated alkanes) is 9. The summed E-state index contributed by atoms with van der Waals surface area (Å²) in [6.07, 6.45) is 14.0. The van der Waals surface area contributed by atoms with Crippen molar-refractivity contribution in [3.63, 3.8) is 0 Å². The van der Waals surface area contributed by atoms with Gasteiger partial charge in [-0.1, -0.05) is 76.8 Å². The van der Waals surface area contributed by atoms with Crippen molar-refractivity contribution in [3.05, 3.63) is 29.8 Å². The predicted molar refractivity (Wildman–Crippen MR) is 115 cm³/mol. The van der Waals surface area contributed by atoms with Crippen LogP contribution in [0.2, 0.25) is 0 Å². The molecule has 0 heterocycles. The Balaban J connectivity index is 0.000000684. The second-order valence-electron chi connectivity index (χ2n) is 7.28. The van der Waals surface area contributed by atoms with Crippen LogP contribution in [0.25, 0.3) is 0 Å². The second-order valence-corrected chi connectivity index (χ2v) is 7.28. The number of nitriles is 2. The molecule has 1 aromatic carbocycles. The van der Waals surface area contributed by atoms with Gasteiger partial charge in [-0.15, -0.1) is 0 Å². The van der Waals surface area contributed by atoms with Gasteiger partial charge in [-0.25, -0.2) is 0 Å². The van der Waals surface area contributed by atoms with E-state index in [1.54, 1.807) is 26.0 Å². The van der Waals surface area contributed by atoms with Gasteiger partial charge in [-0.2, -0.15) is 10.5 Å². The molecule has 4 nitrogen and oxygen atoms in total. The predicted octanol–water partition coefficient (Wildman–Crippen LogP) is 6.68. The van der Waals surface area contributed by atoms with Crippen LogP contribution in [0.1, 0.15) is 90.5 Å². The van der Waals surface area contributed by atoms with Crippen molar-refractivity contribution in [1.29, 1.82) is 10.5 Å². The molecule has 4 heteroatoms. The van der Waals surface area contributed by atoms with Crippen molar-refractivity contribution in [2.24, 2.45) is 0 Å². The summed E-state index contributed by atoms with van der Waals surface area (Å²) < 4.78 is 4.83. The van der Waals surface area contributed by atoms with Gasteiger partial charge in [-0.3, -0.25) is 0 Å². The minimum absolute atomic E-state index is 0.367. The lowest BCUT2D eigenvalue weighted by Gasteiger charge is -2.04. The molecule has 28 heavy (non-hydrogen) atoms. The Morgan fingerprint density at radius 2 is 1.21 bits per heavy atom. The zero-order valence-corrected chi connectivity index (χ0v) is 18.0. The third kappa shape index (κ3) is 16.2. The molecule has 0 aliphatic carbocycles. The standard InChI is InChI=1S/C18H30O.C6H8N2O/c1-2-3-4-5-6-7-8-9-10-11-12-17-13-15-18(19)16-14-17;1-5(3-7)9-6(2)4-8/h13-16,19H,2-12H2,1H3;5-6H,1-2H3. The number of phenolic OH excluding ortho intramolecular Hbond substituents is 1. The first-order valence-electron chi connectivity index (χ1n) is 10.8. The fourth-order valence-electron chi connectivity index (χ4n) is 2.85. The molecule has 1 N–H and O–H groups in total. The summed E-state index contributed by atoms with van der Waals surface area (Å²) in [7, 11) is 0. The topological polar surface area (TPSA) is 77.0 Å². The average Bonchev–Trinajstić information content (AvgIpc) is 2.71. The lowest BCUT2D eigenvalue weighted by molar-refractivity contribution is 0.0718.